The minimum absolute atomic E-state index is 0.263. The Bertz CT molecular complexity index is 733. The van der Waals surface area contributed by atoms with Gasteiger partial charge in [-0.1, -0.05) is 0 Å². The van der Waals surface area contributed by atoms with Crippen molar-refractivity contribution in [2.24, 2.45) is 0 Å². The molecular formula is C17H20BFN2O2. The molecule has 1 aliphatic heterocycles. The lowest BCUT2D eigenvalue weighted by atomic mass is 9.85. The molecule has 23 heavy (non-hydrogen) atoms. The molecule has 0 radical (unpaired) electrons. The van der Waals surface area contributed by atoms with Crippen molar-refractivity contribution >= 4 is 12.7 Å². The van der Waals surface area contributed by atoms with Gasteiger partial charge in [0.1, 0.15) is 5.82 Å². The molecule has 1 fully saturated rings. The summed E-state index contributed by atoms with van der Waals surface area (Å²) in [6.45, 7) is 9.83. The molecule has 0 bridgehead atoms. The number of nitrogens with zero attached hydrogens (tertiary/aromatic N) is 2. The Morgan fingerprint density at radius 1 is 1.04 bits per heavy atom. The summed E-state index contributed by atoms with van der Waals surface area (Å²) in [5, 5.41) is 0. The van der Waals surface area contributed by atoms with Crippen LogP contribution in [0.1, 0.15) is 33.3 Å². The Morgan fingerprint density at radius 3 is 2.30 bits per heavy atom. The smallest absolute Gasteiger partial charge is 0.398 e. The van der Waals surface area contributed by atoms with Crippen LogP contribution in [-0.4, -0.2) is 28.3 Å². The summed E-state index contributed by atoms with van der Waals surface area (Å²) < 4.78 is 25.3. The molecule has 120 valence electrons. The van der Waals surface area contributed by atoms with Crippen LogP contribution < -0.4 is 5.59 Å². The monoisotopic (exact) mass is 314 g/mol. The van der Waals surface area contributed by atoms with Crippen molar-refractivity contribution in [3.8, 4) is 11.3 Å². The molecule has 6 heteroatoms. The van der Waals surface area contributed by atoms with Gasteiger partial charge in [-0.15, -0.1) is 0 Å². The molecule has 0 N–H and O–H groups in total. The van der Waals surface area contributed by atoms with E-state index in [1.54, 1.807) is 18.5 Å². The van der Waals surface area contributed by atoms with Gasteiger partial charge in [-0.2, -0.15) is 0 Å². The third-order valence-electron chi connectivity index (χ3n) is 4.61. The van der Waals surface area contributed by atoms with Crippen LogP contribution in [0.5, 0.6) is 0 Å². The summed E-state index contributed by atoms with van der Waals surface area (Å²) in [7, 11) is -0.562. The second-order valence-electron chi connectivity index (χ2n) is 6.88. The fraction of sp³-hybridized carbons (Fsp3) is 0.412. The van der Waals surface area contributed by atoms with E-state index in [2.05, 4.69) is 9.97 Å². The quantitative estimate of drug-likeness (QED) is 0.800. The minimum atomic E-state index is -0.562. The zero-order chi connectivity index (χ0) is 16.8. The van der Waals surface area contributed by atoms with Gasteiger partial charge in [0.25, 0.3) is 0 Å². The molecular weight excluding hydrogens is 294 g/mol. The van der Waals surface area contributed by atoms with E-state index in [0.29, 0.717) is 11.3 Å². The van der Waals surface area contributed by atoms with Gasteiger partial charge in [0.2, 0.25) is 0 Å². The Kier molecular flexibility index (Phi) is 3.77. The van der Waals surface area contributed by atoms with Crippen LogP contribution in [0, 0.1) is 12.7 Å². The Balaban J connectivity index is 1.95. The molecule has 1 saturated heterocycles. The zero-order valence-electron chi connectivity index (χ0n) is 14.1. The summed E-state index contributed by atoms with van der Waals surface area (Å²) >= 11 is 0. The second-order valence-corrected chi connectivity index (χ2v) is 6.88. The first-order valence-corrected chi connectivity index (χ1v) is 7.64. The number of halogens is 1. The molecule has 2 aromatic rings. The van der Waals surface area contributed by atoms with Gasteiger partial charge in [0.05, 0.1) is 28.7 Å². The predicted octanol–water partition coefficient (Wildman–Crippen LogP) is 2.89. The highest BCUT2D eigenvalue weighted by Gasteiger charge is 2.52. The first-order chi connectivity index (χ1) is 10.7. The van der Waals surface area contributed by atoms with E-state index in [9.17, 15) is 4.39 Å². The van der Waals surface area contributed by atoms with Gasteiger partial charge < -0.3 is 9.31 Å². The van der Waals surface area contributed by atoms with Gasteiger partial charge in [-0.25, -0.2) is 4.39 Å². The lowest BCUT2D eigenvalue weighted by molar-refractivity contribution is 0.00578. The fourth-order valence-electron chi connectivity index (χ4n) is 2.50. The van der Waals surface area contributed by atoms with Crippen molar-refractivity contribution in [1.29, 1.82) is 0 Å². The maximum Gasteiger partial charge on any atom is 0.516 e. The second kappa shape index (κ2) is 5.39. The van der Waals surface area contributed by atoms with Crippen LogP contribution in [0.2, 0.25) is 0 Å². The molecule has 0 aliphatic carbocycles. The highest BCUT2D eigenvalue weighted by Crippen LogP contribution is 2.36. The standard InChI is InChI=1S/C17H20BFN2O2/c1-11-8-12(19)6-7-13(11)14-9-20-10-15(21-14)18-22-16(2,3)17(4,5)23-18/h6-10H,1-5H3. The van der Waals surface area contributed by atoms with E-state index in [0.717, 1.165) is 11.1 Å². The van der Waals surface area contributed by atoms with Gasteiger partial charge in [-0.3, -0.25) is 9.97 Å². The van der Waals surface area contributed by atoms with E-state index >= 15 is 0 Å². The number of hydrogen-bond donors (Lipinski definition) is 0. The Morgan fingerprint density at radius 2 is 1.70 bits per heavy atom. The third kappa shape index (κ3) is 2.89. The molecule has 1 aliphatic rings. The first kappa shape index (κ1) is 16.1. The van der Waals surface area contributed by atoms with E-state index in [4.69, 9.17) is 9.31 Å². The minimum Gasteiger partial charge on any atom is -0.398 e. The number of rotatable bonds is 2. The normalized spacial score (nSPS) is 19.1. The lowest BCUT2D eigenvalue weighted by Gasteiger charge is -2.32. The summed E-state index contributed by atoms with van der Waals surface area (Å²) in [4.78, 5) is 8.86. The summed E-state index contributed by atoms with van der Waals surface area (Å²) in [5.41, 5.74) is 2.09. The zero-order valence-corrected chi connectivity index (χ0v) is 14.1. The maximum atomic E-state index is 13.3. The molecule has 4 nitrogen and oxygen atoms in total. The summed E-state index contributed by atoms with van der Waals surface area (Å²) in [6.07, 6.45) is 3.31. The Hall–Kier alpha value is -1.79. The van der Waals surface area contributed by atoms with Crippen molar-refractivity contribution < 1.29 is 13.7 Å². The van der Waals surface area contributed by atoms with E-state index in [-0.39, 0.29) is 5.82 Å². The average molecular weight is 314 g/mol. The molecule has 0 atom stereocenters. The topological polar surface area (TPSA) is 44.2 Å². The van der Waals surface area contributed by atoms with Crippen LogP contribution >= 0.6 is 0 Å². The molecule has 1 aromatic heterocycles. The predicted molar refractivity (Wildman–Crippen MR) is 87.9 cm³/mol. The van der Waals surface area contributed by atoms with Crippen LogP contribution in [0.25, 0.3) is 11.3 Å². The van der Waals surface area contributed by atoms with Crippen LogP contribution in [0.4, 0.5) is 4.39 Å². The van der Waals surface area contributed by atoms with Crippen molar-refractivity contribution in [2.45, 2.75) is 45.8 Å². The van der Waals surface area contributed by atoms with Crippen molar-refractivity contribution in [1.82, 2.24) is 9.97 Å². The van der Waals surface area contributed by atoms with Crippen LogP contribution in [0.15, 0.2) is 30.6 Å². The van der Waals surface area contributed by atoms with Gasteiger partial charge >= 0.3 is 7.12 Å². The fourth-order valence-corrected chi connectivity index (χ4v) is 2.50. The van der Waals surface area contributed by atoms with Crippen LogP contribution in [-0.2, 0) is 9.31 Å². The molecule has 0 saturated carbocycles. The molecule has 3 rings (SSSR count). The van der Waals surface area contributed by atoms with Crippen molar-refractivity contribution in [3.63, 3.8) is 0 Å². The van der Waals surface area contributed by atoms with Crippen molar-refractivity contribution in [3.05, 3.63) is 42.0 Å². The summed E-state index contributed by atoms with van der Waals surface area (Å²) in [6, 6.07) is 4.62. The number of aryl methyl sites for hydroxylation is 1. The highest BCUT2D eigenvalue weighted by molar-refractivity contribution is 6.61. The first-order valence-electron chi connectivity index (χ1n) is 7.64. The third-order valence-corrected chi connectivity index (χ3v) is 4.61. The van der Waals surface area contributed by atoms with E-state index in [1.807, 2.05) is 34.6 Å². The number of benzene rings is 1. The van der Waals surface area contributed by atoms with E-state index < -0.39 is 18.3 Å². The molecule has 0 spiro atoms. The van der Waals surface area contributed by atoms with Gasteiger partial charge in [0.15, 0.2) is 0 Å². The van der Waals surface area contributed by atoms with E-state index in [1.165, 1.54) is 12.1 Å². The van der Waals surface area contributed by atoms with Crippen molar-refractivity contribution in [2.75, 3.05) is 0 Å². The molecule has 0 amide bonds. The van der Waals surface area contributed by atoms with Crippen LogP contribution in [0.3, 0.4) is 0 Å². The highest BCUT2D eigenvalue weighted by atomic mass is 19.1. The largest absolute Gasteiger partial charge is 0.516 e. The molecule has 1 aromatic carbocycles. The van der Waals surface area contributed by atoms with Gasteiger partial charge in [0, 0.05) is 11.8 Å². The number of aromatic nitrogens is 2. The maximum absolute atomic E-state index is 13.3. The average Bonchev–Trinajstić information content (AvgIpc) is 2.68. The molecule has 0 unspecified atom stereocenters. The van der Waals surface area contributed by atoms with Gasteiger partial charge in [-0.05, 0) is 58.4 Å². The lowest BCUT2D eigenvalue weighted by Crippen LogP contribution is -2.41. The molecule has 2 heterocycles. The number of hydrogen-bond acceptors (Lipinski definition) is 4. The summed E-state index contributed by atoms with van der Waals surface area (Å²) in [5.74, 6) is -0.263. The Labute approximate surface area is 136 Å². The SMILES string of the molecule is Cc1cc(F)ccc1-c1cncc(B2OC(C)(C)C(C)(C)O2)n1.